The van der Waals surface area contributed by atoms with Crippen molar-refractivity contribution in [1.29, 1.82) is 0 Å². The molecule has 1 N–H and O–H groups in total. The highest BCUT2D eigenvalue weighted by Crippen LogP contribution is 2.13. The van der Waals surface area contributed by atoms with Crippen LogP contribution in [0.3, 0.4) is 0 Å². The number of nitrogens with one attached hydrogen (secondary N) is 1. The smallest absolute Gasteiger partial charge is 0.307 e. The van der Waals surface area contributed by atoms with Crippen molar-refractivity contribution in [3.63, 3.8) is 0 Å². The number of benzene rings is 1. The molecule has 0 bridgehead atoms. The third-order valence-corrected chi connectivity index (χ3v) is 4.05. The highest BCUT2D eigenvalue weighted by molar-refractivity contribution is 7.89. The van der Waals surface area contributed by atoms with E-state index in [1.54, 1.807) is 12.1 Å². The number of rotatable bonds is 3. The van der Waals surface area contributed by atoms with Crippen molar-refractivity contribution in [1.82, 2.24) is 4.72 Å². The van der Waals surface area contributed by atoms with Gasteiger partial charge in [0.2, 0.25) is 10.0 Å². The van der Waals surface area contributed by atoms with Gasteiger partial charge in [-0.15, -0.1) is 0 Å². The molecule has 1 aromatic rings. The molecule has 0 unspecified atom stereocenters. The van der Waals surface area contributed by atoms with Crippen molar-refractivity contribution in [2.24, 2.45) is 0 Å². The lowest BCUT2D eigenvalue weighted by Gasteiger charge is -2.10. The molecule has 0 radical (unpaired) electrons. The zero-order valence-electron chi connectivity index (χ0n) is 9.34. The lowest BCUT2D eigenvalue weighted by atomic mass is 10.2. The van der Waals surface area contributed by atoms with Gasteiger partial charge in [0.05, 0.1) is 17.4 Å². The maximum atomic E-state index is 11.9. The predicted molar refractivity (Wildman–Crippen MR) is 60.9 cm³/mol. The van der Waals surface area contributed by atoms with E-state index in [9.17, 15) is 13.2 Å². The first-order chi connectivity index (χ1) is 7.97. The molecule has 1 saturated heterocycles. The summed E-state index contributed by atoms with van der Waals surface area (Å²) >= 11 is 0. The standard InChI is InChI=1S/C11H13NO4S/c1-8-2-4-10(5-3-8)17(14,15)12-9-6-11(13)16-7-9/h2-5,9,12H,6-7H2,1H3/t9-/m1/s1. The minimum atomic E-state index is -3.57. The van der Waals surface area contributed by atoms with Crippen LogP contribution in [0.1, 0.15) is 12.0 Å². The van der Waals surface area contributed by atoms with Crippen molar-refractivity contribution in [3.8, 4) is 0 Å². The van der Waals surface area contributed by atoms with Gasteiger partial charge in [-0.05, 0) is 19.1 Å². The molecule has 1 aromatic carbocycles. The molecule has 0 saturated carbocycles. The molecule has 5 nitrogen and oxygen atoms in total. The molecule has 0 spiro atoms. The third kappa shape index (κ3) is 2.83. The van der Waals surface area contributed by atoms with Gasteiger partial charge in [-0.25, -0.2) is 13.1 Å². The molecular weight excluding hydrogens is 242 g/mol. The summed E-state index contributed by atoms with van der Waals surface area (Å²) < 4.78 is 31.0. The minimum Gasteiger partial charge on any atom is -0.464 e. The second-order valence-electron chi connectivity index (χ2n) is 4.02. The zero-order chi connectivity index (χ0) is 12.5. The second-order valence-corrected chi connectivity index (χ2v) is 5.73. The summed E-state index contributed by atoms with van der Waals surface area (Å²) in [5.74, 6) is -0.374. The van der Waals surface area contributed by atoms with Crippen LogP contribution in [-0.4, -0.2) is 27.0 Å². The fourth-order valence-electron chi connectivity index (χ4n) is 1.59. The summed E-state index contributed by atoms with van der Waals surface area (Å²) in [4.78, 5) is 11.1. The Balaban J connectivity index is 2.14. The Morgan fingerprint density at radius 2 is 1.94 bits per heavy atom. The Bertz CT molecular complexity index is 521. The number of hydrogen-bond acceptors (Lipinski definition) is 4. The lowest BCUT2D eigenvalue weighted by molar-refractivity contribution is -0.137. The lowest BCUT2D eigenvalue weighted by Crippen LogP contribution is -2.35. The first-order valence-corrected chi connectivity index (χ1v) is 6.70. The Labute approximate surface area is 99.8 Å². The van der Waals surface area contributed by atoms with Crippen LogP contribution in [0.4, 0.5) is 0 Å². The molecule has 1 aliphatic rings. The summed E-state index contributed by atoms with van der Waals surface area (Å²) in [5, 5.41) is 0. The number of sulfonamides is 1. The van der Waals surface area contributed by atoms with E-state index in [4.69, 9.17) is 4.74 Å². The molecule has 0 amide bonds. The summed E-state index contributed by atoms with van der Waals surface area (Å²) in [6, 6.07) is 6.06. The van der Waals surface area contributed by atoms with Gasteiger partial charge < -0.3 is 4.74 Å². The van der Waals surface area contributed by atoms with Crippen LogP contribution in [0.25, 0.3) is 0 Å². The largest absolute Gasteiger partial charge is 0.464 e. The van der Waals surface area contributed by atoms with E-state index in [1.165, 1.54) is 12.1 Å². The predicted octanol–water partition coefficient (Wildman–Crippen LogP) is 0.589. The number of ether oxygens (including phenoxy) is 1. The highest BCUT2D eigenvalue weighted by Gasteiger charge is 2.28. The van der Waals surface area contributed by atoms with E-state index in [0.29, 0.717) is 0 Å². The fraction of sp³-hybridized carbons (Fsp3) is 0.364. The van der Waals surface area contributed by atoms with Crippen LogP contribution < -0.4 is 4.72 Å². The first-order valence-electron chi connectivity index (χ1n) is 5.22. The van der Waals surface area contributed by atoms with E-state index in [0.717, 1.165) is 5.56 Å². The van der Waals surface area contributed by atoms with Gasteiger partial charge in [0.15, 0.2) is 0 Å². The van der Waals surface area contributed by atoms with Gasteiger partial charge in [0.25, 0.3) is 0 Å². The SMILES string of the molecule is Cc1ccc(S(=O)(=O)N[C@H]2COC(=O)C2)cc1. The number of cyclic esters (lactones) is 1. The number of aryl methyl sites for hydroxylation is 1. The van der Waals surface area contributed by atoms with E-state index in [2.05, 4.69) is 4.72 Å². The molecule has 92 valence electrons. The van der Waals surface area contributed by atoms with Crippen molar-refractivity contribution < 1.29 is 17.9 Å². The third-order valence-electron chi connectivity index (χ3n) is 2.51. The summed E-state index contributed by atoms with van der Waals surface area (Å²) in [7, 11) is -3.57. The maximum Gasteiger partial charge on any atom is 0.307 e. The number of carbonyl (C=O) groups excluding carboxylic acids is 1. The first kappa shape index (κ1) is 12.1. The monoisotopic (exact) mass is 255 g/mol. The van der Waals surface area contributed by atoms with Crippen molar-refractivity contribution in [3.05, 3.63) is 29.8 Å². The molecular formula is C11H13NO4S. The van der Waals surface area contributed by atoms with Gasteiger partial charge in [0.1, 0.15) is 6.61 Å². The summed E-state index contributed by atoms with van der Waals surface area (Å²) in [6.45, 7) is 1.98. The van der Waals surface area contributed by atoms with Crippen LogP contribution in [-0.2, 0) is 19.6 Å². The average molecular weight is 255 g/mol. The molecule has 0 aromatic heterocycles. The van der Waals surface area contributed by atoms with Crippen LogP contribution in [0.5, 0.6) is 0 Å². The van der Waals surface area contributed by atoms with Gasteiger partial charge in [0, 0.05) is 0 Å². The van der Waals surface area contributed by atoms with Gasteiger partial charge in [-0.1, -0.05) is 17.7 Å². The Morgan fingerprint density at radius 3 is 2.47 bits per heavy atom. The summed E-state index contributed by atoms with van der Waals surface area (Å²) in [6.07, 6.45) is 0.0884. The molecule has 0 aliphatic carbocycles. The van der Waals surface area contributed by atoms with Crippen molar-refractivity contribution >= 4 is 16.0 Å². The van der Waals surface area contributed by atoms with Crippen LogP contribution in [0, 0.1) is 6.92 Å². The second kappa shape index (κ2) is 4.46. The molecule has 17 heavy (non-hydrogen) atoms. The molecule has 1 aliphatic heterocycles. The van der Waals surface area contributed by atoms with Gasteiger partial charge in [-0.3, -0.25) is 4.79 Å². The van der Waals surface area contributed by atoms with E-state index in [1.807, 2.05) is 6.92 Å². The number of esters is 1. The van der Waals surface area contributed by atoms with Crippen LogP contribution >= 0.6 is 0 Å². The molecule has 1 fully saturated rings. The van der Waals surface area contributed by atoms with Crippen LogP contribution in [0.15, 0.2) is 29.2 Å². The zero-order valence-corrected chi connectivity index (χ0v) is 10.2. The minimum absolute atomic E-state index is 0.0884. The van der Waals surface area contributed by atoms with E-state index in [-0.39, 0.29) is 23.9 Å². The fourth-order valence-corrected chi connectivity index (χ4v) is 2.81. The van der Waals surface area contributed by atoms with Crippen molar-refractivity contribution in [2.45, 2.75) is 24.3 Å². The molecule has 1 atom stereocenters. The van der Waals surface area contributed by atoms with Crippen LogP contribution in [0.2, 0.25) is 0 Å². The number of hydrogen-bond donors (Lipinski definition) is 1. The quantitative estimate of drug-likeness (QED) is 0.802. The van der Waals surface area contributed by atoms with Gasteiger partial charge in [-0.2, -0.15) is 0 Å². The van der Waals surface area contributed by atoms with E-state index >= 15 is 0 Å². The molecule has 1 heterocycles. The molecule has 6 heteroatoms. The Kier molecular flexibility index (Phi) is 3.17. The Hall–Kier alpha value is -1.40. The van der Waals surface area contributed by atoms with E-state index < -0.39 is 16.1 Å². The topological polar surface area (TPSA) is 72.5 Å². The normalized spacial score (nSPS) is 20.3. The maximum absolute atomic E-state index is 11.9. The van der Waals surface area contributed by atoms with Gasteiger partial charge >= 0.3 is 5.97 Å². The highest BCUT2D eigenvalue weighted by atomic mass is 32.2. The number of carbonyl (C=O) groups is 1. The summed E-state index contributed by atoms with van der Waals surface area (Å²) in [5.41, 5.74) is 0.989. The Morgan fingerprint density at radius 1 is 1.29 bits per heavy atom. The average Bonchev–Trinajstić information content (AvgIpc) is 2.63. The van der Waals surface area contributed by atoms with Crippen molar-refractivity contribution in [2.75, 3.05) is 6.61 Å². The molecule has 2 rings (SSSR count).